The molecule has 1 N–H and O–H groups in total. The lowest BCUT2D eigenvalue weighted by Crippen LogP contribution is -2.31. The van der Waals surface area contributed by atoms with Crippen molar-refractivity contribution in [2.24, 2.45) is 0 Å². The van der Waals surface area contributed by atoms with Crippen LogP contribution in [-0.4, -0.2) is 26.9 Å². The predicted molar refractivity (Wildman–Crippen MR) is 72.8 cm³/mol. The summed E-state index contributed by atoms with van der Waals surface area (Å²) in [5.41, 5.74) is 0.359. The highest BCUT2D eigenvalue weighted by Gasteiger charge is 2.17. The third kappa shape index (κ3) is 5.52. The van der Waals surface area contributed by atoms with Gasteiger partial charge >= 0.3 is 0 Å². The number of halogens is 2. The minimum absolute atomic E-state index is 0.0474. The van der Waals surface area contributed by atoms with E-state index >= 15 is 0 Å². The van der Waals surface area contributed by atoms with Gasteiger partial charge in [-0.3, -0.25) is 0 Å². The normalized spacial score (nSPS) is 13.7. The molecule has 0 fully saturated rings. The van der Waals surface area contributed by atoms with Gasteiger partial charge in [0.25, 0.3) is 0 Å². The molecular weight excluding hydrogens is 288 g/mol. The van der Waals surface area contributed by atoms with E-state index in [1.165, 1.54) is 6.07 Å². The lowest BCUT2D eigenvalue weighted by molar-refractivity contribution is 0.0911. The monoisotopic (exact) mass is 307 g/mol. The predicted octanol–water partition coefficient (Wildman–Crippen LogP) is 2.37. The van der Waals surface area contributed by atoms with Crippen LogP contribution in [-0.2, 0) is 14.8 Å². The van der Waals surface area contributed by atoms with Crippen LogP contribution < -0.4 is 4.72 Å². The number of hydrogen-bond donors (Lipinski definition) is 1. The second-order valence-corrected chi connectivity index (χ2v) is 6.62. The molecule has 0 saturated carbocycles. The molecule has 114 valence electrons. The first-order valence-electron chi connectivity index (χ1n) is 6.28. The van der Waals surface area contributed by atoms with Gasteiger partial charge < -0.3 is 4.74 Å². The molecule has 0 saturated heterocycles. The molecule has 1 aromatic rings. The van der Waals surface area contributed by atoms with Crippen LogP contribution in [0.5, 0.6) is 0 Å². The van der Waals surface area contributed by atoms with E-state index in [1.807, 2.05) is 13.8 Å². The highest BCUT2D eigenvalue weighted by Crippen LogP contribution is 2.16. The maximum Gasteiger partial charge on any atom is 0.214 e. The maximum absolute atomic E-state index is 13.1. The Morgan fingerprint density at radius 2 is 1.85 bits per heavy atom. The average molecular weight is 307 g/mol. The van der Waals surface area contributed by atoms with E-state index in [4.69, 9.17) is 4.74 Å². The number of hydrogen-bond acceptors (Lipinski definition) is 3. The molecule has 0 radical (unpaired) electrons. The van der Waals surface area contributed by atoms with Gasteiger partial charge in [0.2, 0.25) is 10.0 Å². The van der Waals surface area contributed by atoms with E-state index in [9.17, 15) is 17.2 Å². The average Bonchev–Trinajstić information content (AvgIpc) is 2.31. The Bertz CT molecular complexity index is 547. The van der Waals surface area contributed by atoms with Crippen molar-refractivity contribution in [1.29, 1.82) is 0 Å². The lowest BCUT2D eigenvalue weighted by atomic mass is 10.1. The molecule has 1 rings (SSSR count). The Morgan fingerprint density at radius 3 is 2.40 bits per heavy atom. The minimum atomic E-state index is -3.54. The van der Waals surface area contributed by atoms with Crippen LogP contribution in [0.4, 0.5) is 8.78 Å². The first kappa shape index (κ1) is 17.0. The van der Waals surface area contributed by atoms with Crippen molar-refractivity contribution in [3.8, 4) is 0 Å². The van der Waals surface area contributed by atoms with Gasteiger partial charge in [-0.2, -0.15) is 0 Å². The molecular formula is C13H19F2NO3S. The Hall–Kier alpha value is -1.05. The van der Waals surface area contributed by atoms with E-state index in [0.29, 0.717) is 5.56 Å². The van der Waals surface area contributed by atoms with Crippen molar-refractivity contribution in [2.45, 2.75) is 32.9 Å². The molecule has 20 heavy (non-hydrogen) atoms. The van der Waals surface area contributed by atoms with E-state index in [2.05, 4.69) is 4.72 Å². The van der Waals surface area contributed by atoms with Crippen molar-refractivity contribution < 1.29 is 21.9 Å². The van der Waals surface area contributed by atoms with Crippen molar-refractivity contribution in [3.63, 3.8) is 0 Å². The summed E-state index contributed by atoms with van der Waals surface area (Å²) in [6, 6.07) is 2.65. The quantitative estimate of drug-likeness (QED) is 0.841. The first-order valence-corrected chi connectivity index (χ1v) is 7.93. The molecule has 0 heterocycles. The van der Waals surface area contributed by atoms with Gasteiger partial charge in [-0.05, 0) is 38.5 Å². The van der Waals surface area contributed by atoms with Crippen LogP contribution >= 0.6 is 0 Å². The number of sulfonamides is 1. The molecule has 0 aromatic heterocycles. The van der Waals surface area contributed by atoms with Gasteiger partial charge in [-0.1, -0.05) is 6.07 Å². The molecule has 0 aliphatic rings. The third-order valence-electron chi connectivity index (χ3n) is 2.60. The second-order valence-electron chi connectivity index (χ2n) is 4.75. The summed E-state index contributed by atoms with van der Waals surface area (Å²) < 4.78 is 57.0. The zero-order valence-electron chi connectivity index (χ0n) is 11.7. The van der Waals surface area contributed by atoms with E-state index in [-0.39, 0.29) is 18.5 Å². The van der Waals surface area contributed by atoms with Crippen molar-refractivity contribution in [1.82, 2.24) is 4.72 Å². The fourth-order valence-electron chi connectivity index (χ4n) is 1.57. The van der Waals surface area contributed by atoms with Crippen molar-refractivity contribution in [2.75, 3.05) is 12.4 Å². The van der Waals surface area contributed by atoms with Gasteiger partial charge in [0, 0.05) is 6.04 Å². The molecule has 0 spiro atoms. The number of nitrogens with one attached hydrogen (secondary N) is 1. The van der Waals surface area contributed by atoms with Gasteiger partial charge in [0.1, 0.15) is 0 Å². The summed E-state index contributed by atoms with van der Waals surface area (Å²) in [5, 5.41) is 0. The minimum Gasteiger partial charge on any atom is -0.378 e. The van der Waals surface area contributed by atoms with Crippen LogP contribution in [0.15, 0.2) is 18.2 Å². The molecule has 0 amide bonds. The summed E-state index contributed by atoms with van der Waals surface area (Å²) in [5.74, 6) is -2.15. The van der Waals surface area contributed by atoms with Crippen molar-refractivity contribution >= 4 is 10.0 Å². The van der Waals surface area contributed by atoms with E-state index in [0.717, 1.165) is 12.1 Å². The zero-order chi connectivity index (χ0) is 15.3. The van der Waals surface area contributed by atoms with Gasteiger partial charge in [-0.25, -0.2) is 21.9 Å². The Balaban J connectivity index is 2.64. The molecule has 0 aliphatic heterocycles. The molecule has 0 unspecified atom stereocenters. The summed E-state index contributed by atoms with van der Waals surface area (Å²) in [6.45, 7) is 5.26. The molecule has 7 heteroatoms. The fraction of sp³-hybridized carbons (Fsp3) is 0.538. The van der Waals surface area contributed by atoms with Crippen LogP contribution in [0.3, 0.4) is 0 Å². The van der Waals surface area contributed by atoms with E-state index in [1.54, 1.807) is 6.92 Å². The summed E-state index contributed by atoms with van der Waals surface area (Å²) in [4.78, 5) is 0. The molecule has 4 nitrogen and oxygen atoms in total. The summed E-state index contributed by atoms with van der Waals surface area (Å²) in [7, 11) is -3.54. The summed E-state index contributed by atoms with van der Waals surface area (Å²) in [6.07, 6.45) is -0.0474. The standard InChI is InChI=1S/C13H19F2NO3S/c1-9(2)19-6-7-20(17,18)16-10(3)11-4-5-12(14)13(15)8-11/h4-5,8-10,16H,6-7H2,1-3H3/t10-/m0/s1. The van der Waals surface area contributed by atoms with Gasteiger partial charge in [-0.15, -0.1) is 0 Å². The number of rotatable bonds is 7. The second kappa shape index (κ2) is 7.10. The molecule has 1 aromatic carbocycles. The Kier molecular flexibility index (Phi) is 6.04. The maximum atomic E-state index is 13.1. The molecule has 0 bridgehead atoms. The highest BCUT2D eigenvalue weighted by molar-refractivity contribution is 7.89. The highest BCUT2D eigenvalue weighted by atomic mass is 32.2. The van der Waals surface area contributed by atoms with Crippen LogP contribution in [0, 0.1) is 11.6 Å². The molecule has 0 aliphatic carbocycles. The van der Waals surface area contributed by atoms with Crippen molar-refractivity contribution in [3.05, 3.63) is 35.4 Å². The zero-order valence-corrected chi connectivity index (χ0v) is 12.5. The fourth-order valence-corrected chi connectivity index (χ4v) is 2.68. The molecule has 1 atom stereocenters. The number of benzene rings is 1. The van der Waals surface area contributed by atoms with Gasteiger partial charge in [0.05, 0.1) is 18.5 Å². The van der Waals surface area contributed by atoms with Crippen LogP contribution in [0.2, 0.25) is 0 Å². The Labute approximate surface area is 118 Å². The summed E-state index contributed by atoms with van der Waals surface area (Å²) >= 11 is 0. The van der Waals surface area contributed by atoms with E-state index < -0.39 is 27.7 Å². The van der Waals surface area contributed by atoms with Crippen LogP contribution in [0.1, 0.15) is 32.4 Å². The largest absolute Gasteiger partial charge is 0.378 e. The first-order chi connectivity index (χ1) is 9.21. The topological polar surface area (TPSA) is 55.4 Å². The van der Waals surface area contributed by atoms with Crippen LogP contribution in [0.25, 0.3) is 0 Å². The van der Waals surface area contributed by atoms with Gasteiger partial charge in [0.15, 0.2) is 11.6 Å². The Morgan fingerprint density at radius 1 is 1.20 bits per heavy atom. The third-order valence-corrected chi connectivity index (χ3v) is 4.02. The smallest absolute Gasteiger partial charge is 0.214 e. The SMILES string of the molecule is CC(C)OCCS(=O)(=O)N[C@@H](C)c1ccc(F)c(F)c1. The number of ether oxygens (including phenoxy) is 1. The lowest BCUT2D eigenvalue weighted by Gasteiger charge is -2.15.